The molecule has 31 heavy (non-hydrogen) atoms. The van der Waals surface area contributed by atoms with E-state index < -0.39 is 0 Å². The summed E-state index contributed by atoms with van der Waals surface area (Å²) in [6, 6.07) is 18.0. The molecule has 0 atom stereocenters. The Morgan fingerprint density at radius 2 is 1.68 bits per heavy atom. The molecule has 2 heterocycles. The molecule has 0 bridgehead atoms. The van der Waals surface area contributed by atoms with Crippen LogP contribution in [0.15, 0.2) is 90.1 Å². The van der Waals surface area contributed by atoms with Gasteiger partial charge < -0.3 is 9.73 Å². The van der Waals surface area contributed by atoms with Crippen molar-refractivity contribution in [2.45, 2.75) is 6.92 Å². The fourth-order valence-corrected chi connectivity index (χ4v) is 3.08. The minimum atomic E-state index is -0.308. The molecule has 2 aromatic carbocycles. The molecule has 0 aliphatic carbocycles. The predicted molar refractivity (Wildman–Crippen MR) is 118 cm³/mol. The first kappa shape index (κ1) is 20.0. The number of nitrogens with zero attached hydrogens (tertiary/aromatic N) is 3. The standard InChI is InChI=1S/C24H20N4O3/c1-17-2-8-21(9-3-17)28(24(30)19-10-12-25-13-11-19)14-23(29)27-20-6-4-18(5-7-20)22-15-31-16-26-22/h2-13,15-16H,14H2,1H3,(H,27,29). The van der Waals surface area contributed by atoms with E-state index in [1.807, 2.05) is 43.3 Å². The molecule has 0 saturated carbocycles. The molecule has 2 aromatic heterocycles. The van der Waals surface area contributed by atoms with Crippen LogP contribution in [0.1, 0.15) is 15.9 Å². The van der Waals surface area contributed by atoms with Crippen LogP contribution in [0.25, 0.3) is 11.3 Å². The number of hydrogen-bond acceptors (Lipinski definition) is 5. The Hall–Kier alpha value is -4.26. The molecule has 4 aromatic rings. The Kier molecular flexibility index (Phi) is 5.84. The zero-order valence-electron chi connectivity index (χ0n) is 16.9. The summed E-state index contributed by atoms with van der Waals surface area (Å²) in [5.41, 5.74) is 4.38. The maximum atomic E-state index is 13.1. The van der Waals surface area contributed by atoms with Gasteiger partial charge in [0, 0.05) is 34.9 Å². The molecule has 4 rings (SSSR count). The number of pyridine rings is 1. The van der Waals surface area contributed by atoms with Crippen LogP contribution in [-0.4, -0.2) is 28.3 Å². The van der Waals surface area contributed by atoms with Gasteiger partial charge in [0.2, 0.25) is 5.91 Å². The van der Waals surface area contributed by atoms with Gasteiger partial charge in [0.25, 0.3) is 5.91 Å². The predicted octanol–water partition coefficient (Wildman–Crippen LogP) is 4.33. The summed E-state index contributed by atoms with van der Waals surface area (Å²) < 4.78 is 4.99. The summed E-state index contributed by atoms with van der Waals surface area (Å²) in [5, 5.41) is 2.84. The highest BCUT2D eigenvalue weighted by atomic mass is 16.3. The topological polar surface area (TPSA) is 88.3 Å². The Bertz CT molecular complexity index is 1160. The molecule has 0 aliphatic heterocycles. The third-order valence-corrected chi connectivity index (χ3v) is 4.72. The van der Waals surface area contributed by atoms with Crippen molar-refractivity contribution in [1.29, 1.82) is 0 Å². The molecule has 1 N–H and O–H groups in total. The number of benzene rings is 2. The minimum Gasteiger partial charge on any atom is -0.451 e. The number of carbonyl (C=O) groups excluding carboxylic acids is 2. The minimum absolute atomic E-state index is 0.130. The van der Waals surface area contributed by atoms with Gasteiger partial charge in [-0.1, -0.05) is 29.8 Å². The van der Waals surface area contributed by atoms with Gasteiger partial charge in [-0.2, -0.15) is 0 Å². The van der Waals surface area contributed by atoms with Gasteiger partial charge in [0.1, 0.15) is 18.5 Å². The molecule has 0 unspecified atom stereocenters. The largest absolute Gasteiger partial charge is 0.451 e. The second-order valence-electron chi connectivity index (χ2n) is 6.96. The highest BCUT2D eigenvalue weighted by molar-refractivity contribution is 6.10. The van der Waals surface area contributed by atoms with Gasteiger partial charge in [0.05, 0.1) is 0 Å². The molecule has 0 spiro atoms. The SMILES string of the molecule is Cc1ccc(N(CC(=O)Nc2ccc(-c3cocn3)cc2)C(=O)c2ccncc2)cc1. The highest BCUT2D eigenvalue weighted by Gasteiger charge is 2.21. The summed E-state index contributed by atoms with van der Waals surface area (Å²) in [6.07, 6.45) is 6.02. The molecular formula is C24H20N4O3. The third-order valence-electron chi connectivity index (χ3n) is 4.72. The normalized spacial score (nSPS) is 10.5. The van der Waals surface area contributed by atoms with E-state index in [-0.39, 0.29) is 18.4 Å². The number of carbonyl (C=O) groups is 2. The lowest BCUT2D eigenvalue weighted by molar-refractivity contribution is -0.114. The van der Waals surface area contributed by atoms with Crippen LogP contribution in [0.4, 0.5) is 11.4 Å². The number of anilines is 2. The lowest BCUT2D eigenvalue weighted by atomic mass is 10.1. The molecule has 2 amide bonds. The highest BCUT2D eigenvalue weighted by Crippen LogP contribution is 2.21. The van der Waals surface area contributed by atoms with Crippen molar-refractivity contribution in [2.24, 2.45) is 0 Å². The van der Waals surface area contributed by atoms with Crippen LogP contribution in [0, 0.1) is 6.92 Å². The number of nitrogens with one attached hydrogen (secondary N) is 1. The monoisotopic (exact) mass is 412 g/mol. The van der Waals surface area contributed by atoms with Crippen molar-refractivity contribution in [3.8, 4) is 11.3 Å². The molecular weight excluding hydrogens is 392 g/mol. The van der Waals surface area contributed by atoms with E-state index in [0.29, 0.717) is 22.6 Å². The van der Waals surface area contributed by atoms with Crippen molar-refractivity contribution >= 4 is 23.2 Å². The lowest BCUT2D eigenvalue weighted by Gasteiger charge is -2.22. The molecule has 0 fully saturated rings. The summed E-state index contributed by atoms with van der Waals surface area (Å²) in [4.78, 5) is 35.4. The molecule has 0 aliphatic rings. The average Bonchev–Trinajstić information content (AvgIpc) is 3.34. The van der Waals surface area contributed by atoms with Crippen LogP contribution in [0.2, 0.25) is 0 Å². The average molecular weight is 412 g/mol. The number of aromatic nitrogens is 2. The number of aryl methyl sites for hydroxylation is 1. The molecule has 154 valence electrons. The van der Waals surface area contributed by atoms with Crippen molar-refractivity contribution in [3.63, 3.8) is 0 Å². The van der Waals surface area contributed by atoms with E-state index in [1.165, 1.54) is 11.3 Å². The first-order valence-corrected chi connectivity index (χ1v) is 9.67. The van der Waals surface area contributed by atoms with Gasteiger partial charge in [-0.25, -0.2) is 4.98 Å². The molecule has 0 radical (unpaired) electrons. The summed E-state index contributed by atoms with van der Waals surface area (Å²) in [5.74, 6) is -0.583. The molecule has 7 heteroatoms. The van der Waals surface area contributed by atoms with Crippen molar-refractivity contribution in [3.05, 3.63) is 96.8 Å². The van der Waals surface area contributed by atoms with E-state index in [0.717, 1.165) is 11.1 Å². The van der Waals surface area contributed by atoms with Crippen LogP contribution >= 0.6 is 0 Å². The van der Waals surface area contributed by atoms with Gasteiger partial charge in [-0.05, 0) is 43.3 Å². The van der Waals surface area contributed by atoms with Gasteiger partial charge in [0.15, 0.2) is 6.39 Å². The first-order valence-electron chi connectivity index (χ1n) is 9.67. The van der Waals surface area contributed by atoms with Gasteiger partial charge in [-0.3, -0.25) is 19.5 Å². The first-order chi connectivity index (χ1) is 15.1. The fourth-order valence-electron chi connectivity index (χ4n) is 3.08. The van der Waals surface area contributed by atoms with E-state index in [9.17, 15) is 9.59 Å². The van der Waals surface area contributed by atoms with Crippen LogP contribution in [0.5, 0.6) is 0 Å². The Balaban J connectivity index is 1.51. The smallest absolute Gasteiger partial charge is 0.258 e. The van der Waals surface area contributed by atoms with Gasteiger partial charge in [-0.15, -0.1) is 0 Å². The van der Waals surface area contributed by atoms with E-state index in [2.05, 4.69) is 15.3 Å². The zero-order valence-corrected chi connectivity index (χ0v) is 16.9. The second-order valence-corrected chi connectivity index (χ2v) is 6.96. The molecule has 0 saturated heterocycles. The number of hydrogen-bond donors (Lipinski definition) is 1. The quantitative estimate of drug-likeness (QED) is 0.509. The number of rotatable bonds is 6. The Morgan fingerprint density at radius 3 is 2.32 bits per heavy atom. The van der Waals surface area contributed by atoms with Crippen LogP contribution < -0.4 is 10.2 Å². The number of oxazole rings is 1. The fraction of sp³-hybridized carbons (Fsp3) is 0.0833. The maximum Gasteiger partial charge on any atom is 0.258 e. The van der Waals surface area contributed by atoms with Crippen molar-refractivity contribution in [2.75, 3.05) is 16.8 Å². The van der Waals surface area contributed by atoms with Crippen LogP contribution in [-0.2, 0) is 4.79 Å². The van der Waals surface area contributed by atoms with E-state index in [4.69, 9.17) is 4.42 Å². The van der Waals surface area contributed by atoms with E-state index in [1.54, 1.807) is 42.9 Å². The maximum absolute atomic E-state index is 13.1. The second kappa shape index (κ2) is 9.04. The number of amides is 2. The Morgan fingerprint density at radius 1 is 0.968 bits per heavy atom. The zero-order chi connectivity index (χ0) is 21.6. The van der Waals surface area contributed by atoms with Crippen molar-refractivity contribution < 1.29 is 14.0 Å². The van der Waals surface area contributed by atoms with Crippen LogP contribution in [0.3, 0.4) is 0 Å². The van der Waals surface area contributed by atoms with E-state index >= 15 is 0 Å². The lowest BCUT2D eigenvalue weighted by Crippen LogP contribution is -2.38. The summed E-state index contributed by atoms with van der Waals surface area (Å²) >= 11 is 0. The Labute approximate surface area is 179 Å². The summed E-state index contributed by atoms with van der Waals surface area (Å²) in [6.45, 7) is 1.84. The third kappa shape index (κ3) is 4.84. The summed E-state index contributed by atoms with van der Waals surface area (Å²) in [7, 11) is 0. The van der Waals surface area contributed by atoms with Crippen molar-refractivity contribution in [1.82, 2.24) is 9.97 Å². The molecule has 7 nitrogen and oxygen atoms in total. The van der Waals surface area contributed by atoms with Gasteiger partial charge >= 0.3 is 0 Å².